The van der Waals surface area contributed by atoms with Crippen LogP contribution in [0.5, 0.6) is 11.5 Å². The minimum absolute atomic E-state index is 0.166. The van der Waals surface area contributed by atoms with Crippen LogP contribution in [0.2, 0.25) is 0 Å². The Hall–Kier alpha value is -3.85. The second-order valence-electron chi connectivity index (χ2n) is 7.41. The zero-order valence-electron chi connectivity index (χ0n) is 18.5. The summed E-state index contributed by atoms with van der Waals surface area (Å²) in [6.45, 7) is 5.19. The van der Waals surface area contributed by atoms with Crippen molar-refractivity contribution in [2.24, 2.45) is 0 Å². The molecule has 0 saturated carbocycles. The molecule has 2 fully saturated rings. The molecule has 33 heavy (non-hydrogen) atoms. The Morgan fingerprint density at radius 1 is 1.03 bits per heavy atom. The van der Waals surface area contributed by atoms with Crippen LogP contribution in [0.1, 0.15) is 12.5 Å². The number of hydrogen-bond donors (Lipinski definition) is 1. The molecule has 2 aliphatic rings. The molecule has 0 atom stereocenters. The number of anilines is 2. The lowest BCUT2D eigenvalue weighted by Gasteiger charge is -2.29. The first-order valence-corrected chi connectivity index (χ1v) is 10.7. The van der Waals surface area contributed by atoms with Crippen LogP contribution in [0.3, 0.4) is 0 Å². The summed E-state index contributed by atoms with van der Waals surface area (Å²) in [7, 11) is 1.53. The van der Waals surface area contributed by atoms with Gasteiger partial charge >= 0.3 is 6.03 Å². The number of urea groups is 1. The third-order valence-corrected chi connectivity index (χ3v) is 5.40. The van der Waals surface area contributed by atoms with Gasteiger partial charge in [-0.3, -0.25) is 14.9 Å². The number of ether oxygens (including phenoxy) is 3. The second kappa shape index (κ2) is 9.74. The van der Waals surface area contributed by atoms with Crippen LogP contribution >= 0.6 is 0 Å². The largest absolute Gasteiger partial charge is 0.496 e. The monoisotopic (exact) mass is 451 g/mol. The normalized spacial score (nSPS) is 17.9. The number of hydrogen-bond acceptors (Lipinski definition) is 7. The van der Waals surface area contributed by atoms with E-state index in [1.54, 1.807) is 30.3 Å². The highest BCUT2D eigenvalue weighted by atomic mass is 16.5. The number of barbiturate groups is 1. The molecule has 0 unspecified atom stereocenters. The highest BCUT2D eigenvalue weighted by Gasteiger charge is 2.37. The van der Waals surface area contributed by atoms with E-state index in [0.717, 1.165) is 23.7 Å². The van der Waals surface area contributed by atoms with Gasteiger partial charge in [-0.05, 0) is 49.4 Å². The molecule has 0 spiro atoms. The van der Waals surface area contributed by atoms with Gasteiger partial charge in [-0.15, -0.1) is 0 Å². The summed E-state index contributed by atoms with van der Waals surface area (Å²) in [6, 6.07) is 11.2. The molecule has 4 rings (SSSR count). The predicted molar refractivity (Wildman–Crippen MR) is 123 cm³/mol. The van der Waals surface area contributed by atoms with E-state index < -0.39 is 17.8 Å². The highest BCUT2D eigenvalue weighted by molar-refractivity contribution is 6.39. The molecule has 2 saturated heterocycles. The Labute approximate surface area is 191 Å². The number of carbonyl (C=O) groups is 3. The Kier molecular flexibility index (Phi) is 6.60. The zero-order chi connectivity index (χ0) is 23.4. The molecule has 2 aromatic carbocycles. The van der Waals surface area contributed by atoms with Gasteiger partial charge in [0.2, 0.25) is 0 Å². The summed E-state index contributed by atoms with van der Waals surface area (Å²) in [5, 5.41) is 2.23. The SMILES string of the molecule is CCOc1ccc(N2C(=O)NC(=O)/C(=C/c3ccc(N4CCOCC4)cc3OC)C2=O)cc1. The van der Waals surface area contributed by atoms with Crippen LogP contribution < -0.4 is 24.6 Å². The fraction of sp³-hybridized carbons (Fsp3) is 0.292. The number of nitrogens with one attached hydrogen (secondary N) is 1. The van der Waals surface area contributed by atoms with Crippen molar-refractivity contribution >= 4 is 35.3 Å². The number of amides is 4. The van der Waals surface area contributed by atoms with E-state index in [1.165, 1.54) is 13.2 Å². The minimum atomic E-state index is -0.805. The van der Waals surface area contributed by atoms with Gasteiger partial charge in [0.1, 0.15) is 17.1 Å². The number of imide groups is 2. The van der Waals surface area contributed by atoms with Crippen molar-refractivity contribution in [2.75, 3.05) is 49.8 Å². The highest BCUT2D eigenvalue weighted by Crippen LogP contribution is 2.30. The molecule has 4 amide bonds. The first-order valence-electron chi connectivity index (χ1n) is 10.7. The van der Waals surface area contributed by atoms with Gasteiger partial charge in [0.05, 0.1) is 32.6 Å². The molecule has 0 bridgehead atoms. The second-order valence-corrected chi connectivity index (χ2v) is 7.41. The smallest absolute Gasteiger partial charge is 0.335 e. The van der Waals surface area contributed by atoms with Crippen LogP contribution in [-0.4, -0.2) is 57.9 Å². The van der Waals surface area contributed by atoms with Gasteiger partial charge in [-0.1, -0.05) is 0 Å². The summed E-state index contributed by atoms with van der Waals surface area (Å²) < 4.78 is 16.3. The molecule has 2 heterocycles. The van der Waals surface area contributed by atoms with E-state index >= 15 is 0 Å². The lowest BCUT2D eigenvalue weighted by Crippen LogP contribution is -2.54. The average Bonchev–Trinajstić information content (AvgIpc) is 2.83. The van der Waals surface area contributed by atoms with Gasteiger partial charge < -0.3 is 19.1 Å². The molecule has 0 radical (unpaired) electrons. The van der Waals surface area contributed by atoms with Crippen molar-refractivity contribution in [3.63, 3.8) is 0 Å². The van der Waals surface area contributed by atoms with Gasteiger partial charge in [-0.2, -0.15) is 0 Å². The van der Waals surface area contributed by atoms with E-state index in [0.29, 0.717) is 42.6 Å². The Bertz CT molecular complexity index is 1090. The van der Waals surface area contributed by atoms with Gasteiger partial charge in [-0.25, -0.2) is 9.69 Å². The van der Waals surface area contributed by atoms with E-state index in [2.05, 4.69) is 10.2 Å². The number of rotatable bonds is 6. The molecule has 2 aromatic rings. The Balaban J connectivity index is 1.64. The maximum Gasteiger partial charge on any atom is 0.335 e. The number of morpholine rings is 1. The molecule has 9 nitrogen and oxygen atoms in total. The number of carbonyl (C=O) groups excluding carboxylic acids is 3. The first-order chi connectivity index (χ1) is 16.0. The Morgan fingerprint density at radius 2 is 1.73 bits per heavy atom. The summed E-state index contributed by atoms with van der Waals surface area (Å²) >= 11 is 0. The predicted octanol–water partition coefficient (Wildman–Crippen LogP) is 2.60. The van der Waals surface area contributed by atoms with Crippen molar-refractivity contribution in [3.8, 4) is 11.5 Å². The van der Waals surface area contributed by atoms with Gasteiger partial charge in [0.25, 0.3) is 11.8 Å². The van der Waals surface area contributed by atoms with Crippen molar-refractivity contribution in [3.05, 3.63) is 53.6 Å². The number of methoxy groups -OCH3 is 1. The summed E-state index contributed by atoms with van der Waals surface area (Å²) in [5.74, 6) is -0.349. The van der Waals surface area contributed by atoms with E-state index in [1.807, 2.05) is 19.1 Å². The molecule has 0 aliphatic carbocycles. The maximum atomic E-state index is 13.2. The lowest BCUT2D eigenvalue weighted by molar-refractivity contribution is -0.122. The van der Waals surface area contributed by atoms with E-state index in [9.17, 15) is 14.4 Å². The van der Waals surface area contributed by atoms with Gasteiger partial charge in [0.15, 0.2) is 0 Å². The van der Waals surface area contributed by atoms with Crippen LogP contribution in [0.25, 0.3) is 6.08 Å². The van der Waals surface area contributed by atoms with Crippen molar-refractivity contribution < 1.29 is 28.6 Å². The fourth-order valence-corrected chi connectivity index (χ4v) is 3.74. The average molecular weight is 451 g/mol. The molecule has 1 N–H and O–H groups in total. The topological polar surface area (TPSA) is 97.4 Å². The van der Waals surface area contributed by atoms with Crippen LogP contribution in [0.15, 0.2) is 48.0 Å². The van der Waals surface area contributed by atoms with Gasteiger partial charge in [0, 0.05) is 30.4 Å². The fourth-order valence-electron chi connectivity index (χ4n) is 3.74. The molecule has 172 valence electrons. The minimum Gasteiger partial charge on any atom is -0.496 e. The van der Waals surface area contributed by atoms with Crippen molar-refractivity contribution in [2.45, 2.75) is 6.92 Å². The molecular weight excluding hydrogens is 426 g/mol. The standard InChI is InChI=1S/C24H25N3O6/c1-3-33-19-8-6-17(7-9-19)27-23(29)20(22(28)25-24(27)30)14-16-4-5-18(15-21(16)31-2)26-10-12-32-13-11-26/h4-9,14-15H,3,10-13H2,1-2H3,(H,25,28,30)/b20-14-. The quantitative estimate of drug-likeness (QED) is 0.533. The van der Waals surface area contributed by atoms with Crippen LogP contribution in [0, 0.1) is 0 Å². The van der Waals surface area contributed by atoms with Crippen molar-refractivity contribution in [1.82, 2.24) is 5.32 Å². The van der Waals surface area contributed by atoms with E-state index in [-0.39, 0.29) is 5.57 Å². The number of nitrogens with zero attached hydrogens (tertiary/aromatic N) is 2. The van der Waals surface area contributed by atoms with Crippen LogP contribution in [-0.2, 0) is 14.3 Å². The van der Waals surface area contributed by atoms with E-state index in [4.69, 9.17) is 14.2 Å². The molecule has 0 aromatic heterocycles. The van der Waals surface area contributed by atoms with Crippen LogP contribution in [0.4, 0.5) is 16.2 Å². The zero-order valence-corrected chi connectivity index (χ0v) is 18.5. The van der Waals surface area contributed by atoms with Crippen molar-refractivity contribution in [1.29, 1.82) is 0 Å². The molecular formula is C24H25N3O6. The number of benzene rings is 2. The Morgan fingerprint density at radius 3 is 2.39 bits per heavy atom. The third kappa shape index (κ3) is 4.68. The maximum absolute atomic E-state index is 13.2. The lowest BCUT2D eigenvalue weighted by atomic mass is 10.0. The molecule has 2 aliphatic heterocycles. The first kappa shape index (κ1) is 22.3. The summed E-state index contributed by atoms with van der Waals surface area (Å²) in [5.41, 5.74) is 1.67. The summed E-state index contributed by atoms with van der Waals surface area (Å²) in [4.78, 5) is 41.2. The molecule has 9 heteroatoms. The third-order valence-electron chi connectivity index (χ3n) is 5.40. The summed E-state index contributed by atoms with van der Waals surface area (Å²) in [6.07, 6.45) is 1.44.